The second-order valence-corrected chi connectivity index (χ2v) is 7.27. The van der Waals surface area contributed by atoms with E-state index in [1.807, 2.05) is 29.2 Å². The number of carboxylic acids is 2. The number of amides is 1. The van der Waals surface area contributed by atoms with Crippen LogP contribution in [-0.2, 0) is 16.1 Å². The first-order valence-corrected chi connectivity index (χ1v) is 10.1. The van der Waals surface area contributed by atoms with Crippen LogP contribution in [0.2, 0.25) is 0 Å². The van der Waals surface area contributed by atoms with Gasteiger partial charge in [0.25, 0.3) is 5.91 Å². The molecule has 32 heavy (non-hydrogen) atoms. The monoisotopic (exact) mass is 439 g/mol. The normalized spacial score (nSPS) is 13.8. The first-order chi connectivity index (χ1) is 15.4. The predicted molar refractivity (Wildman–Crippen MR) is 118 cm³/mol. The van der Waals surface area contributed by atoms with Gasteiger partial charge in [0.1, 0.15) is 5.75 Å². The number of para-hydroxylation sites is 1. The minimum atomic E-state index is -1.82. The van der Waals surface area contributed by atoms with Crippen LogP contribution < -0.4 is 4.74 Å². The Kier molecular flexibility index (Phi) is 7.45. The summed E-state index contributed by atoms with van der Waals surface area (Å²) in [7, 11) is 1.62. The van der Waals surface area contributed by atoms with Crippen LogP contribution in [0.1, 0.15) is 15.9 Å². The van der Waals surface area contributed by atoms with Crippen LogP contribution in [-0.4, -0.2) is 76.1 Å². The van der Waals surface area contributed by atoms with Gasteiger partial charge in [0, 0.05) is 55.4 Å². The van der Waals surface area contributed by atoms with Crippen molar-refractivity contribution in [2.24, 2.45) is 0 Å². The molecule has 0 bridgehead atoms. The molecule has 1 fully saturated rings. The van der Waals surface area contributed by atoms with Gasteiger partial charge in [0.2, 0.25) is 0 Å². The van der Waals surface area contributed by atoms with Gasteiger partial charge in [-0.25, -0.2) is 9.59 Å². The Bertz CT molecular complexity index is 1090. The fourth-order valence-corrected chi connectivity index (χ4v) is 3.55. The van der Waals surface area contributed by atoms with E-state index in [4.69, 9.17) is 24.5 Å². The fourth-order valence-electron chi connectivity index (χ4n) is 3.55. The maximum absolute atomic E-state index is 12.7. The highest BCUT2D eigenvalue weighted by Gasteiger charge is 2.23. The molecule has 9 heteroatoms. The summed E-state index contributed by atoms with van der Waals surface area (Å²) in [6, 6.07) is 15.8. The fraction of sp³-hybridized carbons (Fsp3) is 0.261. The molecule has 1 aliphatic rings. The summed E-state index contributed by atoms with van der Waals surface area (Å²) in [5.41, 5.74) is 3.18. The van der Waals surface area contributed by atoms with E-state index in [1.54, 1.807) is 13.2 Å². The molecule has 0 aliphatic carbocycles. The highest BCUT2D eigenvalue weighted by Crippen LogP contribution is 2.21. The second-order valence-electron chi connectivity index (χ2n) is 7.27. The number of benzene rings is 2. The van der Waals surface area contributed by atoms with E-state index in [-0.39, 0.29) is 5.91 Å². The summed E-state index contributed by atoms with van der Waals surface area (Å²) < 4.78 is 5.22. The number of aromatic nitrogens is 1. The summed E-state index contributed by atoms with van der Waals surface area (Å²) in [4.78, 5) is 38.6. The van der Waals surface area contributed by atoms with Crippen molar-refractivity contribution in [3.63, 3.8) is 0 Å². The molecular formula is C23H25N3O6. The van der Waals surface area contributed by atoms with Crippen LogP contribution >= 0.6 is 0 Å². The van der Waals surface area contributed by atoms with Crippen molar-refractivity contribution >= 4 is 28.7 Å². The Labute approximate surface area is 184 Å². The Hall–Kier alpha value is -3.85. The zero-order valence-electron chi connectivity index (χ0n) is 17.7. The SMILES string of the molecule is COc1cccc(C(=O)N2CCN(Cc3c[nH]c4ccccc34)CC2)c1.O=C(O)C(=O)O. The van der Waals surface area contributed by atoms with Crippen LogP contribution in [0.5, 0.6) is 5.75 Å². The van der Waals surface area contributed by atoms with Crippen molar-refractivity contribution in [2.45, 2.75) is 6.54 Å². The molecule has 1 amide bonds. The minimum Gasteiger partial charge on any atom is -0.497 e. The average Bonchev–Trinajstić information content (AvgIpc) is 3.22. The van der Waals surface area contributed by atoms with Gasteiger partial charge in [0.05, 0.1) is 7.11 Å². The number of rotatable bonds is 4. The number of hydrogen-bond donors (Lipinski definition) is 3. The number of carbonyl (C=O) groups is 3. The van der Waals surface area contributed by atoms with Gasteiger partial charge in [-0.15, -0.1) is 0 Å². The number of aliphatic carboxylic acids is 2. The van der Waals surface area contributed by atoms with E-state index in [2.05, 4.69) is 34.3 Å². The third kappa shape index (κ3) is 5.64. The molecule has 0 atom stereocenters. The number of methoxy groups -OCH3 is 1. The molecule has 1 aliphatic heterocycles. The molecule has 1 saturated heterocycles. The van der Waals surface area contributed by atoms with Crippen molar-refractivity contribution in [1.29, 1.82) is 0 Å². The van der Waals surface area contributed by atoms with Gasteiger partial charge >= 0.3 is 11.9 Å². The molecule has 2 aromatic carbocycles. The Morgan fingerprint density at radius 2 is 1.66 bits per heavy atom. The first-order valence-electron chi connectivity index (χ1n) is 10.1. The molecule has 0 radical (unpaired) electrons. The van der Waals surface area contributed by atoms with Crippen molar-refractivity contribution in [1.82, 2.24) is 14.8 Å². The Balaban J connectivity index is 0.000000427. The number of carboxylic acid groups (broad SMARTS) is 2. The summed E-state index contributed by atoms with van der Waals surface area (Å²) in [5.74, 6) is -2.85. The lowest BCUT2D eigenvalue weighted by atomic mass is 10.1. The maximum atomic E-state index is 12.7. The predicted octanol–water partition coefficient (Wildman–Crippen LogP) is 2.29. The zero-order valence-corrected chi connectivity index (χ0v) is 17.7. The van der Waals surface area contributed by atoms with Gasteiger partial charge in [-0.2, -0.15) is 0 Å². The topological polar surface area (TPSA) is 123 Å². The summed E-state index contributed by atoms with van der Waals surface area (Å²) in [5, 5.41) is 16.1. The summed E-state index contributed by atoms with van der Waals surface area (Å²) in [6.07, 6.45) is 2.10. The number of hydrogen-bond acceptors (Lipinski definition) is 5. The van der Waals surface area contributed by atoms with Crippen LogP contribution in [0.4, 0.5) is 0 Å². The standard InChI is InChI=1S/C21H23N3O2.C2H2O4/c1-26-18-6-4-5-16(13-18)21(25)24-11-9-23(10-12-24)15-17-14-22-20-8-3-2-7-19(17)20;3-1(4)2(5)6/h2-8,13-14,22H,9-12,15H2,1H3;(H,3,4)(H,5,6). The highest BCUT2D eigenvalue weighted by atomic mass is 16.5. The number of aromatic amines is 1. The van der Waals surface area contributed by atoms with E-state index >= 15 is 0 Å². The van der Waals surface area contributed by atoms with E-state index in [0.717, 1.165) is 32.7 Å². The van der Waals surface area contributed by atoms with E-state index in [9.17, 15) is 4.79 Å². The third-order valence-electron chi connectivity index (χ3n) is 5.23. The minimum absolute atomic E-state index is 0.0793. The molecule has 0 saturated carbocycles. The molecule has 1 aromatic heterocycles. The van der Waals surface area contributed by atoms with Gasteiger partial charge < -0.3 is 24.8 Å². The second kappa shape index (κ2) is 10.5. The number of H-pyrrole nitrogens is 1. The van der Waals surface area contributed by atoms with E-state index < -0.39 is 11.9 Å². The number of piperazine rings is 1. The lowest BCUT2D eigenvalue weighted by Gasteiger charge is -2.34. The molecular weight excluding hydrogens is 414 g/mol. The van der Waals surface area contributed by atoms with Gasteiger partial charge in [-0.3, -0.25) is 9.69 Å². The van der Waals surface area contributed by atoms with Crippen LogP contribution in [0.15, 0.2) is 54.7 Å². The van der Waals surface area contributed by atoms with Crippen LogP contribution in [0.3, 0.4) is 0 Å². The first kappa shape index (κ1) is 22.8. The number of nitrogens with zero attached hydrogens (tertiary/aromatic N) is 2. The summed E-state index contributed by atoms with van der Waals surface area (Å²) >= 11 is 0. The van der Waals surface area contributed by atoms with Gasteiger partial charge in [-0.1, -0.05) is 24.3 Å². The Morgan fingerprint density at radius 1 is 0.969 bits per heavy atom. The number of carbonyl (C=O) groups excluding carboxylic acids is 1. The lowest BCUT2D eigenvalue weighted by Crippen LogP contribution is -2.48. The van der Waals surface area contributed by atoms with Gasteiger partial charge in [-0.05, 0) is 29.8 Å². The molecule has 0 unspecified atom stereocenters. The molecule has 2 heterocycles. The van der Waals surface area contributed by atoms with Crippen molar-refractivity contribution < 1.29 is 29.3 Å². The maximum Gasteiger partial charge on any atom is 0.414 e. The molecule has 168 valence electrons. The molecule has 0 spiro atoms. The van der Waals surface area contributed by atoms with Crippen molar-refractivity contribution in [3.8, 4) is 5.75 Å². The quantitative estimate of drug-likeness (QED) is 0.533. The lowest BCUT2D eigenvalue weighted by molar-refractivity contribution is -0.159. The van der Waals surface area contributed by atoms with Crippen LogP contribution in [0, 0.1) is 0 Å². The smallest absolute Gasteiger partial charge is 0.414 e. The van der Waals surface area contributed by atoms with Crippen molar-refractivity contribution in [3.05, 3.63) is 65.9 Å². The highest BCUT2D eigenvalue weighted by molar-refractivity contribution is 6.27. The van der Waals surface area contributed by atoms with Gasteiger partial charge in [0.15, 0.2) is 0 Å². The largest absolute Gasteiger partial charge is 0.497 e. The average molecular weight is 439 g/mol. The number of nitrogens with one attached hydrogen (secondary N) is 1. The third-order valence-corrected chi connectivity index (χ3v) is 5.23. The molecule has 3 N–H and O–H groups in total. The van der Waals surface area contributed by atoms with Crippen LogP contribution in [0.25, 0.3) is 10.9 Å². The van der Waals surface area contributed by atoms with E-state index in [0.29, 0.717) is 11.3 Å². The summed E-state index contributed by atoms with van der Waals surface area (Å²) in [6.45, 7) is 4.17. The number of ether oxygens (including phenoxy) is 1. The van der Waals surface area contributed by atoms with Crippen molar-refractivity contribution in [2.75, 3.05) is 33.3 Å². The molecule has 3 aromatic rings. The number of fused-ring (bicyclic) bond motifs is 1. The Morgan fingerprint density at radius 3 is 2.31 bits per heavy atom. The zero-order chi connectivity index (χ0) is 23.1. The molecule has 4 rings (SSSR count). The van der Waals surface area contributed by atoms with E-state index in [1.165, 1.54) is 16.5 Å². The molecule has 9 nitrogen and oxygen atoms in total.